The Bertz CT molecular complexity index is 2400. The van der Waals surface area contributed by atoms with Gasteiger partial charge in [0.05, 0.1) is 46.5 Å². The molecule has 0 fully saturated rings. The van der Waals surface area contributed by atoms with Crippen molar-refractivity contribution >= 4 is 34.8 Å². The molecule has 2 aromatic carbocycles. The highest BCUT2D eigenvalue weighted by Gasteiger charge is 2.36. The van der Waals surface area contributed by atoms with Gasteiger partial charge in [0.15, 0.2) is 11.4 Å². The smallest absolute Gasteiger partial charge is 0.308 e. The van der Waals surface area contributed by atoms with Crippen molar-refractivity contribution in [2.24, 2.45) is 0 Å². The molecule has 0 atom stereocenters. The van der Waals surface area contributed by atoms with Crippen LogP contribution in [-0.2, 0) is 41.3 Å². The van der Waals surface area contributed by atoms with E-state index in [1.165, 1.54) is 43.0 Å². The van der Waals surface area contributed by atoms with E-state index in [0.29, 0.717) is 43.0 Å². The third kappa shape index (κ3) is 9.81. The van der Waals surface area contributed by atoms with Crippen LogP contribution >= 0.6 is 11.6 Å². The number of carbonyl (C=O) groups is 2. The number of aromatic nitrogens is 8. The summed E-state index contributed by atoms with van der Waals surface area (Å²) < 4.78 is 104. The minimum atomic E-state index is -4.56. The molecule has 21 heteroatoms. The molecule has 6 aromatic rings. The number of anilines is 2. The third-order valence-electron chi connectivity index (χ3n) is 9.28. The fourth-order valence-electron chi connectivity index (χ4n) is 6.48. The second kappa shape index (κ2) is 17.4. The zero-order chi connectivity index (χ0) is 42.6. The zero-order valence-corrected chi connectivity index (χ0v) is 32.1. The number of aromatic amines is 1. The number of benzene rings is 2. The number of nitrogens with zero attached hydrogens (tertiary/aromatic N) is 9. The summed E-state index contributed by atoms with van der Waals surface area (Å²) in [6, 6.07) is 13.9. The summed E-state index contributed by atoms with van der Waals surface area (Å²) in [6.45, 7) is 3.79. The van der Waals surface area contributed by atoms with Crippen LogP contribution in [0.5, 0.6) is 0 Å². The highest BCUT2D eigenvalue weighted by molar-refractivity contribution is 6.29. The van der Waals surface area contributed by atoms with Gasteiger partial charge in [-0.2, -0.15) is 46.7 Å². The molecule has 2 aliphatic rings. The fraction of sp³-hybridized carbons (Fsp3) is 0.316. The van der Waals surface area contributed by atoms with Crippen LogP contribution in [0.15, 0.2) is 73.1 Å². The van der Waals surface area contributed by atoms with Crippen LogP contribution < -0.4 is 9.80 Å². The van der Waals surface area contributed by atoms with E-state index < -0.39 is 23.7 Å². The monoisotopic (exact) mass is 850 g/mol. The van der Waals surface area contributed by atoms with Gasteiger partial charge in [0, 0.05) is 24.5 Å². The largest absolute Gasteiger partial charge is 0.435 e. The van der Waals surface area contributed by atoms with Gasteiger partial charge < -0.3 is 9.80 Å². The first-order chi connectivity index (χ1) is 27.9. The second-order valence-corrected chi connectivity index (χ2v) is 13.7. The maximum atomic E-state index is 13.2. The van der Waals surface area contributed by atoms with E-state index in [4.69, 9.17) is 11.6 Å². The van der Waals surface area contributed by atoms with Gasteiger partial charge in [-0.05, 0) is 100 Å². The van der Waals surface area contributed by atoms with Gasteiger partial charge in [0.25, 0.3) is 0 Å². The van der Waals surface area contributed by atoms with E-state index in [1.807, 2.05) is 0 Å². The van der Waals surface area contributed by atoms with Crippen molar-refractivity contribution in [1.29, 1.82) is 0 Å². The van der Waals surface area contributed by atoms with Crippen molar-refractivity contribution in [2.75, 3.05) is 28.8 Å². The molecule has 0 saturated heterocycles. The number of alkyl halides is 7. The van der Waals surface area contributed by atoms with Crippen LogP contribution in [-0.4, -0.2) is 70.3 Å². The number of hydrogen-bond donors (Lipinski definition) is 1. The predicted octanol–water partition coefficient (Wildman–Crippen LogP) is 7.78. The van der Waals surface area contributed by atoms with Crippen molar-refractivity contribution in [2.45, 2.75) is 58.4 Å². The molecule has 0 spiro atoms. The predicted molar refractivity (Wildman–Crippen MR) is 199 cm³/mol. The van der Waals surface area contributed by atoms with Crippen molar-refractivity contribution < 1.29 is 44.7 Å². The van der Waals surface area contributed by atoms with E-state index in [1.54, 1.807) is 50.9 Å². The van der Waals surface area contributed by atoms with Gasteiger partial charge in [-0.25, -0.2) is 18.1 Å². The van der Waals surface area contributed by atoms with Gasteiger partial charge in [-0.1, -0.05) is 0 Å². The van der Waals surface area contributed by atoms with Gasteiger partial charge in [0.2, 0.25) is 11.8 Å². The number of H-pyrrole nitrogens is 1. The SMILES string of the molecule is Cc1cc(C(F)(F)F)n[nH]1.Cc1cc(C(F)(F)F)nn1CC(=O)N1CCCc2c1cnn2-c1ccc(F)cc1.O=C(CCl)N1CCCc2c1cnn2-c1ccc(F)cc1. The standard InChI is InChI=1S/C19H17F4N5O.C14H13ClFN3O.C5H5F3N2/c1-12-9-17(19(21,22)23)25-27(12)11-18(29)26-8-2-3-15-16(26)10-24-28(15)14-6-4-13(20)5-7-14;15-8-14(20)18-7-1-2-12-13(18)9-17-19(12)11-5-3-10(16)4-6-11;1-3-2-4(10-9-3)5(6,7)8/h4-7,9-10H,2-3,8,11H2,1H3;3-6,9H,1-2,7-8H2;2H,1H3,(H,9,10). The summed E-state index contributed by atoms with van der Waals surface area (Å²) in [7, 11) is 0. The molecular formula is C38H35ClF8N10O2. The topological polar surface area (TPSA) is 123 Å². The minimum Gasteiger partial charge on any atom is -0.308 e. The first kappa shape index (κ1) is 42.6. The van der Waals surface area contributed by atoms with Crippen LogP contribution in [0.1, 0.15) is 47.0 Å². The van der Waals surface area contributed by atoms with Crippen molar-refractivity contribution in [3.05, 3.63) is 119 Å². The van der Waals surface area contributed by atoms with E-state index in [0.717, 1.165) is 52.4 Å². The molecule has 0 bridgehead atoms. The number of nitrogens with one attached hydrogen (secondary N) is 1. The molecule has 8 rings (SSSR count). The molecule has 0 unspecified atom stereocenters. The Morgan fingerprint density at radius 2 is 1.19 bits per heavy atom. The quantitative estimate of drug-likeness (QED) is 0.140. The summed E-state index contributed by atoms with van der Waals surface area (Å²) in [4.78, 5) is 27.8. The zero-order valence-electron chi connectivity index (χ0n) is 31.3. The van der Waals surface area contributed by atoms with E-state index in [2.05, 4.69) is 25.5 Å². The highest BCUT2D eigenvalue weighted by atomic mass is 35.5. The molecule has 312 valence electrons. The van der Waals surface area contributed by atoms with Gasteiger partial charge in [-0.15, -0.1) is 11.6 Å². The van der Waals surface area contributed by atoms with Crippen LogP contribution in [0.4, 0.5) is 46.5 Å². The molecule has 59 heavy (non-hydrogen) atoms. The lowest BCUT2D eigenvalue weighted by molar-refractivity contribution is -0.142. The summed E-state index contributed by atoms with van der Waals surface area (Å²) in [5.41, 5.74) is 3.38. The number of rotatable bonds is 5. The molecule has 2 aliphatic heterocycles. The molecule has 0 aliphatic carbocycles. The average molecular weight is 851 g/mol. The van der Waals surface area contributed by atoms with Crippen LogP contribution in [0.3, 0.4) is 0 Å². The van der Waals surface area contributed by atoms with Crippen molar-refractivity contribution in [3.8, 4) is 11.4 Å². The maximum absolute atomic E-state index is 13.2. The Hall–Kier alpha value is -6.05. The Balaban J connectivity index is 0.000000168. The van der Waals surface area contributed by atoms with Crippen LogP contribution in [0, 0.1) is 25.5 Å². The third-order valence-corrected chi connectivity index (χ3v) is 9.51. The van der Waals surface area contributed by atoms with Crippen LogP contribution in [0.25, 0.3) is 11.4 Å². The highest BCUT2D eigenvalue weighted by Crippen LogP contribution is 2.32. The number of amides is 2. The molecule has 2 amide bonds. The Kier molecular flexibility index (Phi) is 12.6. The Morgan fingerprint density at radius 3 is 1.58 bits per heavy atom. The molecule has 0 saturated carbocycles. The van der Waals surface area contributed by atoms with Crippen LogP contribution in [0.2, 0.25) is 0 Å². The first-order valence-electron chi connectivity index (χ1n) is 18.0. The molecule has 4 aromatic heterocycles. The fourth-order valence-corrected chi connectivity index (χ4v) is 6.63. The van der Waals surface area contributed by atoms with Gasteiger partial charge in [-0.3, -0.25) is 19.4 Å². The van der Waals surface area contributed by atoms with Gasteiger partial charge in [0.1, 0.15) is 24.1 Å². The summed E-state index contributed by atoms with van der Waals surface area (Å²) in [5.74, 6) is -1.18. The lowest BCUT2D eigenvalue weighted by atomic mass is 10.1. The first-order valence-corrected chi connectivity index (χ1v) is 18.5. The molecule has 6 heterocycles. The Labute approximate surface area is 336 Å². The second-order valence-electron chi connectivity index (χ2n) is 13.4. The molecule has 12 nitrogen and oxygen atoms in total. The minimum absolute atomic E-state index is 0.0405. The Morgan fingerprint density at radius 1 is 0.712 bits per heavy atom. The summed E-state index contributed by atoms with van der Waals surface area (Å²) >= 11 is 5.63. The van der Waals surface area contributed by atoms with E-state index in [9.17, 15) is 44.7 Å². The normalized spacial score (nSPS) is 13.8. The van der Waals surface area contributed by atoms with Gasteiger partial charge >= 0.3 is 12.4 Å². The summed E-state index contributed by atoms with van der Waals surface area (Å²) in [5, 5.41) is 17.4. The van der Waals surface area contributed by atoms with Crippen molar-refractivity contribution in [1.82, 2.24) is 39.5 Å². The molecular weight excluding hydrogens is 816 g/mol. The number of hydrogen-bond acceptors (Lipinski definition) is 6. The van der Waals surface area contributed by atoms with Crippen molar-refractivity contribution in [3.63, 3.8) is 0 Å². The van der Waals surface area contributed by atoms with E-state index >= 15 is 0 Å². The molecule has 0 radical (unpaired) electrons. The summed E-state index contributed by atoms with van der Waals surface area (Å²) in [6.07, 6.45) is -2.62. The number of aryl methyl sites for hydroxylation is 2. The number of fused-ring (bicyclic) bond motifs is 2. The van der Waals surface area contributed by atoms with E-state index in [-0.39, 0.29) is 41.6 Å². The lowest BCUT2D eigenvalue weighted by Gasteiger charge is -2.27. The average Bonchev–Trinajstić information content (AvgIpc) is 4.02. The number of halogens is 9. The molecule has 1 N–H and O–H groups in total. The lowest BCUT2D eigenvalue weighted by Crippen LogP contribution is -2.38. The maximum Gasteiger partial charge on any atom is 0.435 e. The number of carbonyl (C=O) groups excluding carboxylic acids is 2.